The number of nitrogens with two attached hydrogens (primary N) is 1. The van der Waals surface area contributed by atoms with Gasteiger partial charge in [-0.05, 0) is 50.6 Å². The number of hydrogen-bond donors (Lipinski definition) is 2. The number of anilines is 1. The molecule has 1 saturated heterocycles. The fraction of sp³-hybridized carbons (Fsp3) is 0.409. The molecule has 1 spiro atoms. The molecule has 1 aromatic carbocycles. The molecule has 15 heteroatoms. The Balaban J connectivity index is 1.84. The minimum atomic E-state index is -4.34. The van der Waals surface area contributed by atoms with Gasteiger partial charge < -0.3 is 11.1 Å². The molecule has 4 rings (SSSR count). The number of amides is 1. The highest BCUT2D eigenvalue weighted by Gasteiger charge is 2.67. The zero-order valence-corrected chi connectivity index (χ0v) is 21.9. The van der Waals surface area contributed by atoms with Crippen LogP contribution in [0, 0.1) is 11.6 Å². The number of hydrogen-bond acceptors (Lipinski definition) is 8. The molecule has 1 amide bonds. The van der Waals surface area contributed by atoms with E-state index >= 15 is 4.39 Å². The molecule has 1 fully saturated rings. The zero-order chi connectivity index (χ0) is 27.4. The van der Waals surface area contributed by atoms with E-state index in [0.29, 0.717) is 0 Å². The molecule has 200 valence electrons. The maximum absolute atomic E-state index is 15.4. The van der Waals surface area contributed by atoms with Crippen molar-refractivity contribution in [2.24, 2.45) is 10.7 Å². The first-order valence-electron chi connectivity index (χ1n) is 11.2. The third-order valence-electron chi connectivity index (χ3n) is 7.07. The third kappa shape index (κ3) is 4.14. The van der Waals surface area contributed by atoms with E-state index in [0.717, 1.165) is 26.9 Å². The van der Waals surface area contributed by atoms with Gasteiger partial charge in [-0.15, -0.1) is 0 Å². The minimum absolute atomic E-state index is 0.0880. The smallest absolute Gasteiger partial charge is 0.274 e. The Morgan fingerprint density at radius 3 is 2.57 bits per heavy atom. The largest absolute Gasteiger partial charge is 0.369 e. The molecule has 2 aliphatic rings. The Kier molecular flexibility index (Phi) is 6.53. The molecule has 3 heterocycles. The molecule has 0 radical (unpaired) electrons. The predicted molar refractivity (Wildman–Crippen MR) is 133 cm³/mol. The Hall–Kier alpha value is -3.17. The van der Waals surface area contributed by atoms with Gasteiger partial charge in [-0.3, -0.25) is 4.79 Å². The molecule has 2 aliphatic heterocycles. The lowest BCUT2D eigenvalue weighted by Gasteiger charge is -2.48. The number of sulfonamides is 2. The van der Waals surface area contributed by atoms with Crippen molar-refractivity contribution in [3.63, 3.8) is 0 Å². The number of pyridine rings is 1. The first-order chi connectivity index (χ1) is 17.2. The maximum Gasteiger partial charge on any atom is 0.274 e. The fourth-order valence-corrected chi connectivity index (χ4v) is 8.17. The second-order valence-corrected chi connectivity index (χ2v) is 13.5. The van der Waals surface area contributed by atoms with Crippen molar-refractivity contribution < 1.29 is 30.4 Å². The van der Waals surface area contributed by atoms with E-state index in [2.05, 4.69) is 15.3 Å². The van der Waals surface area contributed by atoms with Gasteiger partial charge in [0, 0.05) is 31.4 Å². The Morgan fingerprint density at radius 1 is 1.24 bits per heavy atom. The molecule has 2 atom stereocenters. The van der Waals surface area contributed by atoms with Gasteiger partial charge >= 0.3 is 0 Å². The third-order valence-corrected chi connectivity index (χ3v) is 11.5. The zero-order valence-electron chi connectivity index (χ0n) is 20.3. The summed E-state index contributed by atoms with van der Waals surface area (Å²) in [5.41, 5.74) is 3.88. The van der Waals surface area contributed by atoms with Crippen LogP contribution < -0.4 is 11.1 Å². The van der Waals surface area contributed by atoms with Crippen LogP contribution in [-0.2, 0) is 25.6 Å². The number of benzene rings is 1. The molecule has 0 saturated carbocycles. The van der Waals surface area contributed by atoms with Crippen LogP contribution in [0.5, 0.6) is 0 Å². The van der Waals surface area contributed by atoms with E-state index in [9.17, 15) is 26.0 Å². The summed E-state index contributed by atoms with van der Waals surface area (Å²) in [5.74, 6) is -2.80. The van der Waals surface area contributed by atoms with E-state index in [4.69, 9.17) is 5.73 Å². The average Bonchev–Trinajstić information content (AvgIpc) is 3.33. The fourth-order valence-electron chi connectivity index (χ4n) is 4.80. The quantitative estimate of drug-likeness (QED) is 0.561. The van der Waals surface area contributed by atoms with Gasteiger partial charge in [-0.25, -0.2) is 44.2 Å². The summed E-state index contributed by atoms with van der Waals surface area (Å²) in [7, 11) is -6.90. The van der Waals surface area contributed by atoms with Crippen LogP contribution in [0.2, 0.25) is 0 Å². The summed E-state index contributed by atoms with van der Waals surface area (Å²) >= 11 is 0. The molecule has 2 aromatic rings. The lowest BCUT2D eigenvalue weighted by molar-refractivity contribution is 0.102. The van der Waals surface area contributed by atoms with Gasteiger partial charge in [-0.2, -0.15) is 0 Å². The monoisotopic (exact) mass is 556 g/mol. The number of aromatic nitrogens is 1. The summed E-state index contributed by atoms with van der Waals surface area (Å²) in [5, 5.41) is 2.53. The van der Waals surface area contributed by atoms with E-state index in [1.165, 1.54) is 39.1 Å². The number of rotatable bonds is 5. The Labute approximate surface area is 213 Å². The molecular weight excluding hydrogens is 530 g/mol. The highest BCUT2D eigenvalue weighted by atomic mass is 32.2. The van der Waals surface area contributed by atoms with Crippen molar-refractivity contribution in [3.8, 4) is 0 Å². The van der Waals surface area contributed by atoms with Gasteiger partial charge in [0.25, 0.3) is 5.91 Å². The van der Waals surface area contributed by atoms with Crippen LogP contribution in [0.4, 0.5) is 14.5 Å². The van der Waals surface area contributed by atoms with Crippen molar-refractivity contribution in [2.75, 3.05) is 31.2 Å². The Bertz CT molecular complexity index is 1500. The number of aliphatic imine (C=N–C) groups is 1. The van der Waals surface area contributed by atoms with Gasteiger partial charge in [0.05, 0.1) is 11.9 Å². The van der Waals surface area contributed by atoms with Crippen molar-refractivity contribution >= 4 is 37.6 Å². The van der Waals surface area contributed by atoms with Crippen LogP contribution in [0.1, 0.15) is 36.3 Å². The first-order valence-corrected chi connectivity index (χ1v) is 14.3. The molecule has 11 nitrogen and oxygen atoms in total. The lowest BCUT2D eigenvalue weighted by atomic mass is 9.78. The summed E-state index contributed by atoms with van der Waals surface area (Å²) in [6.45, 7) is 2.26. The summed E-state index contributed by atoms with van der Waals surface area (Å²) in [4.78, 5) is 20.7. The average molecular weight is 557 g/mol. The topological polar surface area (TPSA) is 155 Å². The van der Waals surface area contributed by atoms with E-state index in [1.54, 1.807) is 0 Å². The van der Waals surface area contributed by atoms with E-state index in [-0.39, 0.29) is 35.7 Å². The number of nitrogens with zero attached hydrogens (tertiary/aromatic N) is 4. The normalized spacial score (nSPS) is 25.8. The van der Waals surface area contributed by atoms with Crippen LogP contribution in [0.15, 0.2) is 41.5 Å². The number of guanidine groups is 1. The highest BCUT2D eigenvalue weighted by Crippen LogP contribution is 2.52. The van der Waals surface area contributed by atoms with Crippen molar-refractivity contribution in [1.82, 2.24) is 13.6 Å². The van der Waals surface area contributed by atoms with Crippen LogP contribution in [0.25, 0.3) is 0 Å². The summed E-state index contributed by atoms with van der Waals surface area (Å²) in [6.07, 6.45) is 0.703. The summed E-state index contributed by atoms with van der Waals surface area (Å²) in [6, 6.07) is 5.75. The van der Waals surface area contributed by atoms with Gasteiger partial charge in [0.15, 0.2) is 0 Å². The van der Waals surface area contributed by atoms with Gasteiger partial charge in [0.1, 0.15) is 27.6 Å². The van der Waals surface area contributed by atoms with Crippen molar-refractivity contribution in [1.29, 1.82) is 0 Å². The molecule has 37 heavy (non-hydrogen) atoms. The number of carbonyl (C=O) groups is 1. The molecule has 0 aliphatic carbocycles. The second-order valence-electron chi connectivity index (χ2n) is 9.00. The second kappa shape index (κ2) is 8.99. The number of halogens is 2. The Morgan fingerprint density at radius 2 is 1.95 bits per heavy atom. The molecule has 3 N–H and O–H groups in total. The standard InChI is InChI=1S/C22H26F2N6O5S2/c1-4-36(32,33)30-10-9-22(13-30)21(2,28-20(25)29(3)37(22,34)35)16-11-15(6-7-17(16)24)27-19(31)18-8-5-14(23)12-26-18/h5-8,11-12H,4,9-10,13H2,1-3H3,(H2,25,28)(H,27,31)/t21-,22-/m1/s1. The van der Waals surface area contributed by atoms with Crippen LogP contribution in [0.3, 0.4) is 0 Å². The van der Waals surface area contributed by atoms with Gasteiger partial charge in [-0.1, -0.05) is 0 Å². The number of nitrogens with one attached hydrogen (secondary N) is 1. The van der Waals surface area contributed by atoms with Crippen molar-refractivity contribution in [3.05, 3.63) is 59.4 Å². The molecular formula is C22H26F2N6O5S2. The van der Waals surface area contributed by atoms with Crippen molar-refractivity contribution in [2.45, 2.75) is 30.6 Å². The van der Waals surface area contributed by atoms with E-state index in [1.807, 2.05) is 0 Å². The SMILES string of the molecule is CCS(=O)(=O)N1CC[C@@]2(C1)[C@@](C)(c1cc(NC(=O)c3ccc(F)cn3)ccc1F)N=C(N)N(C)S2(=O)=O. The van der Waals surface area contributed by atoms with Crippen LogP contribution >= 0.6 is 0 Å². The molecule has 1 aromatic heterocycles. The highest BCUT2D eigenvalue weighted by molar-refractivity contribution is 7.91. The van der Waals surface area contributed by atoms with E-state index < -0.39 is 60.4 Å². The predicted octanol–water partition coefficient (Wildman–Crippen LogP) is 1.21. The van der Waals surface area contributed by atoms with Crippen LogP contribution in [-0.4, -0.2) is 72.9 Å². The van der Waals surface area contributed by atoms with Gasteiger partial charge in [0.2, 0.25) is 26.0 Å². The molecule has 0 unspecified atom stereocenters. The summed E-state index contributed by atoms with van der Waals surface area (Å²) < 4.78 is 81.4. The minimum Gasteiger partial charge on any atom is -0.369 e. The molecule has 0 bridgehead atoms. The lowest BCUT2D eigenvalue weighted by Crippen LogP contribution is -2.66. The first kappa shape index (κ1) is 26.9. The number of carbonyl (C=O) groups excluding carboxylic acids is 1. The maximum atomic E-state index is 15.4.